The van der Waals surface area contributed by atoms with Gasteiger partial charge in [0.15, 0.2) is 17.5 Å². The van der Waals surface area contributed by atoms with Crippen LogP contribution < -0.4 is 0 Å². The summed E-state index contributed by atoms with van der Waals surface area (Å²) in [4.78, 5) is 23.4. The van der Waals surface area contributed by atoms with Gasteiger partial charge in [0.1, 0.15) is 18.8 Å². The highest BCUT2D eigenvalue weighted by Crippen LogP contribution is 2.48. The van der Waals surface area contributed by atoms with Crippen molar-refractivity contribution in [3.8, 4) is 0 Å². The van der Waals surface area contributed by atoms with Gasteiger partial charge in [-0.3, -0.25) is 9.59 Å². The summed E-state index contributed by atoms with van der Waals surface area (Å²) in [5, 5.41) is 21.1. The van der Waals surface area contributed by atoms with Crippen LogP contribution in [0.2, 0.25) is 0 Å². The molecule has 0 aromatic heterocycles. The third kappa shape index (κ3) is 6.00. The highest BCUT2D eigenvalue weighted by molar-refractivity contribution is 6.03. The first-order valence-electron chi connectivity index (χ1n) is 10.5. The third-order valence-corrected chi connectivity index (χ3v) is 5.51. The van der Waals surface area contributed by atoms with Gasteiger partial charge in [-0.25, -0.2) is 0 Å². The Labute approximate surface area is 179 Å². The summed E-state index contributed by atoms with van der Waals surface area (Å²) in [6.07, 6.45) is 7.96. The molecular formula is C24H34O6. The summed E-state index contributed by atoms with van der Waals surface area (Å²) in [6.45, 7) is 9.28. The lowest BCUT2D eigenvalue weighted by atomic mass is 9.82. The highest BCUT2D eigenvalue weighted by atomic mass is 16.6. The number of aliphatic hydroxyl groups excluding tert-OH is 2. The van der Waals surface area contributed by atoms with E-state index in [9.17, 15) is 19.8 Å². The van der Waals surface area contributed by atoms with Gasteiger partial charge in [-0.2, -0.15) is 0 Å². The van der Waals surface area contributed by atoms with Gasteiger partial charge in [0.05, 0.1) is 0 Å². The van der Waals surface area contributed by atoms with Crippen molar-refractivity contribution in [2.45, 2.75) is 84.2 Å². The Kier molecular flexibility index (Phi) is 8.35. The number of Topliss-reactive ketones (excluding diaryl/α,β-unsaturated/α-hetero) is 1. The van der Waals surface area contributed by atoms with E-state index in [0.717, 1.165) is 31.3 Å². The molecule has 4 unspecified atom stereocenters. The first-order chi connectivity index (χ1) is 14.1. The van der Waals surface area contributed by atoms with Crippen LogP contribution in [0.1, 0.15) is 60.3 Å². The second-order valence-electron chi connectivity index (χ2n) is 8.50. The van der Waals surface area contributed by atoms with Gasteiger partial charge in [-0.15, -0.1) is 0 Å². The van der Waals surface area contributed by atoms with Crippen molar-refractivity contribution in [1.29, 1.82) is 0 Å². The molecule has 0 saturated carbocycles. The minimum atomic E-state index is -1.34. The molecule has 1 saturated heterocycles. The zero-order valence-corrected chi connectivity index (χ0v) is 18.6. The molecule has 1 fully saturated rings. The van der Waals surface area contributed by atoms with E-state index in [4.69, 9.17) is 9.47 Å². The topological polar surface area (TPSA) is 96.4 Å². The van der Waals surface area contributed by atoms with Gasteiger partial charge < -0.3 is 19.7 Å². The fraction of sp³-hybridized carbons (Fsp3) is 0.583. The van der Waals surface area contributed by atoms with Gasteiger partial charge >= 0.3 is 5.97 Å². The zero-order chi connectivity index (χ0) is 22.5. The summed E-state index contributed by atoms with van der Waals surface area (Å²) >= 11 is 0. The minimum absolute atomic E-state index is 0.192. The molecule has 2 aliphatic rings. The number of carbonyl (C=O) groups excluding carboxylic acids is 2. The standard InChI is InChI=1S/C24H34O6/c1-15(2)8-6-9-16(3)10-7-11-17(4)12-20(26)24-21(27)13-19(14-29-18(5)25)22(28)23(24)30-24/h8,10,12-13,20-21,23,26-27H,6-7,9,11,14H2,1-5H3. The largest absolute Gasteiger partial charge is 0.461 e. The molecule has 2 N–H and O–H groups in total. The van der Waals surface area contributed by atoms with Crippen LogP contribution in [0.4, 0.5) is 0 Å². The maximum atomic E-state index is 12.5. The molecule has 0 aromatic rings. The second-order valence-corrected chi connectivity index (χ2v) is 8.50. The molecule has 0 bridgehead atoms. The number of aliphatic hydroxyl groups is 2. The van der Waals surface area contributed by atoms with Crippen LogP contribution in [0.25, 0.3) is 0 Å². The van der Waals surface area contributed by atoms with Crippen molar-refractivity contribution >= 4 is 11.8 Å². The Morgan fingerprint density at radius 3 is 2.43 bits per heavy atom. The van der Waals surface area contributed by atoms with Crippen molar-refractivity contribution in [3.05, 3.63) is 46.6 Å². The van der Waals surface area contributed by atoms with Crippen LogP contribution in [0.15, 0.2) is 46.6 Å². The molecule has 1 heterocycles. The number of rotatable bonds is 10. The molecule has 4 atom stereocenters. The molecular weight excluding hydrogens is 384 g/mol. The number of ketones is 1. The quantitative estimate of drug-likeness (QED) is 0.321. The fourth-order valence-corrected chi connectivity index (χ4v) is 3.64. The van der Waals surface area contributed by atoms with Crippen LogP contribution in [0.3, 0.4) is 0 Å². The average Bonchev–Trinajstić information content (AvgIpc) is 3.41. The number of carbonyl (C=O) groups is 2. The summed E-state index contributed by atoms with van der Waals surface area (Å²) in [5.41, 5.74) is 2.48. The normalized spacial score (nSPS) is 27.2. The van der Waals surface area contributed by atoms with E-state index in [1.54, 1.807) is 6.08 Å². The van der Waals surface area contributed by atoms with Crippen LogP contribution in [0.5, 0.6) is 0 Å². The van der Waals surface area contributed by atoms with Crippen molar-refractivity contribution in [2.75, 3.05) is 6.61 Å². The molecule has 0 radical (unpaired) electrons. The van der Waals surface area contributed by atoms with E-state index >= 15 is 0 Å². The zero-order valence-electron chi connectivity index (χ0n) is 18.6. The Balaban J connectivity index is 1.93. The lowest BCUT2D eigenvalue weighted by Crippen LogP contribution is -2.46. The maximum absolute atomic E-state index is 12.5. The second kappa shape index (κ2) is 10.3. The van der Waals surface area contributed by atoms with Crippen LogP contribution >= 0.6 is 0 Å². The van der Waals surface area contributed by atoms with Gasteiger partial charge in [0.2, 0.25) is 0 Å². The first kappa shape index (κ1) is 24.3. The van der Waals surface area contributed by atoms with Gasteiger partial charge in [0.25, 0.3) is 0 Å². The van der Waals surface area contributed by atoms with E-state index in [1.165, 1.54) is 24.1 Å². The lowest BCUT2D eigenvalue weighted by molar-refractivity contribution is -0.140. The number of hydrogen-bond acceptors (Lipinski definition) is 6. The van der Waals surface area contributed by atoms with E-state index in [-0.39, 0.29) is 18.0 Å². The van der Waals surface area contributed by atoms with Crippen molar-refractivity contribution in [2.24, 2.45) is 0 Å². The van der Waals surface area contributed by atoms with Crippen molar-refractivity contribution in [1.82, 2.24) is 0 Å². The van der Waals surface area contributed by atoms with Crippen LogP contribution in [0, 0.1) is 0 Å². The van der Waals surface area contributed by atoms with Crippen LogP contribution in [-0.2, 0) is 19.1 Å². The molecule has 6 heteroatoms. The first-order valence-corrected chi connectivity index (χ1v) is 10.5. The average molecular weight is 419 g/mol. The highest BCUT2D eigenvalue weighted by Gasteiger charge is 2.70. The monoisotopic (exact) mass is 418 g/mol. The molecule has 1 aliphatic heterocycles. The number of esters is 1. The van der Waals surface area contributed by atoms with Gasteiger partial charge in [-0.05, 0) is 59.5 Å². The molecule has 0 aromatic carbocycles. The summed E-state index contributed by atoms with van der Waals surface area (Å²) < 4.78 is 10.3. The minimum Gasteiger partial charge on any atom is -0.461 e. The molecule has 30 heavy (non-hydrogen) atoms. The molecule has 0 amide bonds. The Morgan fingerprint density at radius 1 is 1.17 bits per heavy atom. The third-order valence-electron chi connectivity index (χ3n) is 5.51. The molecule has 2 rings (SSSR count). The van der Waals surface area contributed by atoms with Crippen molar-refractivity contribution in [3.63, 3.8) is 0 Å². The molecule has 166 valence electrons. The predicted octanol–water partition coefficient (Wildman–Crippen LogP) is 3.34. The Bertz CT molecular complexity index is 784. The number of epoxide rings is 1. The van der Waals surface area contributed by atoms with E-state index in [2.05, 4.69) is 32.9 Å². The molecule has 0 spiro atoms. The smallest absolute Gasteiger partial charge is 0.302 e. The SMILES string of the molecule is CC(=O)OCC1=CC(O)C2(C(O)C=C(C)CCC=C(C)CCC=C(C)C)OC2C1=O. The number of allylic oxidation sites excluding steroid dienone is 5. The van der Waals surface area contributed by atoms with E-state index < -0.39 is 29.9 Å². The number of ether oxygens (including phenoxy) is 2. The van der Waals surface area contributed by atoms with Gasteiger partial charge in [0, 0.05) is 12.5 Å². The lowest BCUT2D eigenvalue weighted by Gasteiger charge is -2.25. The summed E-state index contributed by atoms with van der Waals surface area (Å²) in [5.74, 6) is -0.867. The maximum Gasteiger partial charge on any atom is 0.302 e. The molecule has 1 aliphatic carbocycles. The fourth-order valence-electron chi connectivity index (χ4n) is 3.64. The van der Waals surface area contributed by atoms with E-state index in [1.807, 2.05) is 6.92 Å². The van der Waals surface area contributed by atoms with Gasteiger partial charge in [-0.1, -0.05) is 34.9 Å². The Morgan fingerprint density at radius 2 is 1.80 bits per heavy atom. The Hall–Kier alpha value is -2.02. The van der Waals surface area contributed by atoms with Crippen molar-refractivity contribution < 1.29 is 29.3 Å². The van der Waals surface area contributed by atoms with E-state index in [0.29, 0.717) is 0 Å². The number of fused-ring (bicyclic) bond motifs is 1. The molecule has 6 nitrogen and oxygen atoms in total. The van der Waals surface area contributed by atoms with Crippen LogP contribution in [-0.4, -0.2) is 52.5 Å². The predicted molar refractivity (Wildman–Crippen MR) is 115 cm³/mol. The summed E-state index contributed by atoms with van der Waals surface area (Å²) in [6, 6.07) is 0. The summed E-state index contributed by atoms with van der Waals surface area (Å²) in [7, 11) is 0. The number of hydrogen-bond donors (Lipinski definition) is 2.